The van der Waals surface area contributed by atoms with Crippen LogP contribution in [0, 0.1) is 0 Å². The summed E-state index contributed by atoms with van der Waals surface area (Å²) in [6.07, 6.45) is -0.214. The molecule has 116 valence electrons. The van der Waals surface area contributed by atoms with Gasteiger partial charge in [0.1, 0.15) is 12.2 Å². The predicted octanol–water partition coefficient (Wildman–Crippen LogP) is 1.25. The highest BCUT2D eigenvalue weighted by Gasteiger charge is 2.19. The van der Waals surface area contributed by atoms with Crippen LogP contribution in [0.2, 0.25) is 0 Å². The van der Waals surface area contributed by atoms with Gasteiger partial charge in [0.2, 0.25) is 0 Å². The summed E-state index contributed by atoms with van der Waals surface area (Å²) in [6, 6.07) is 0. The Labute approximate surface area is 120 Å². The molecule has 0 fully saturated rings. The fourth-order valence-electron chi connectivity index (χ4n) is 1.12. The van der Waals surface area contributed by atoms with Crippen molar-refractivity contribution in [3.8, 4) is 0 Å². The lowest BCUT2D eigenvalue weighted by atomic mass is 10.2. The summed E-state index contributed by atoms with van der Waals surface area (Å²) < 4.78 is 33.0. The Hall–Kier alpha value is -1.37. The summed E-state index contributed by atoms with van der Waals surface area (Å²) >= 11 is 0. The van der Waals surface area contributed by atoms with Crippen molar-refractivity contribution in [2.45, 2.75) is 39.7 Å². The number of carbonyl (C=O) groups is 2. The van der Waals surface area contributed by atoms with Crippen LogP contribution in [0.15, 0.2) is 12.2 Å². The second-order valence-corrected chi connectivity index (χ2v) is 7.71. The molecule has 0 spiro atoms. The van der Waals surface area contributed by atoms with Gasteiger partial charge in [0.15, 0.2) is 9.84 Å². The number of rotatable bonds is 7. The van der Waals surface area contributed by atoms with E-state index in [2.05, 4.69) is 6.58 Å². The topological polar surface area (TPSA) is 86.7 Å². The smallest absolute Gasteiger partial charge is 0.333 e. The Morgan fingerprint density at radius 2 is 1.70 bits per heavy atom. The van der Waals surface area contributed by atoms with Crippen molar-refractivity contribution in [1.82, 2.24) is 0 Å². The Bertz CT molecular complexity index is 470. The van der Waals surface area contributed by atoms with Gasteiger partial charge in [-0.05, 0) is 27.7 Å². The van der Waals surface area contributed by atoms with E-state index in [-0.39, 0.29) is 30.1 Å². The second kappa shape index (κ2) is 7.42. The van der Waals surface area contributed by atoms with E-state index in [9.17, 15) is 18.0 Å². The van der Waals surface area contributed by atoms with Crippen LogP contribution >= 0.6 is 0 Å². The molecule has 0 aliphatic rings. The predicted molar refractivity (Wildman–Crippen MR) is 74.9 cm³/mol. The average Bonchev–Trinajstić information content (AvgIpc) is 2.23. The SMILES string of the molecule is C=C(C)C(=O)OCCS(=O)(=O)CCC(=O)OC(C)(C)C. The fraction of sp³-hybridized carbons (Fsp3) is 0.692. The first-order valence-corrected chi connectivity index (χ1v) is 8.00. The first-order chi connectivity index (χ1) is 8.93. The van der Waals surface area contributed by atoms with Crippen LogP contribution in [0.25, 0.3) is 0 Å². The maximum atomic E-state index is 11.6. The van der Waals surface area contributed by atoms with Gasteiger partial charge in [-0.2, -0.15) is 0 Å². The largest absolute Gasteiger partial charge is 0.461 e. The summed E-state index contributed by atoms with van der Waals surface area (Å²) in [5, 5.41) is 0. The number of carbonyl (C=O) groups excluding carboxylic acids is 2. The van der Waals surface area contributed by atoms with Crippen molar-refractivity contribution in [2.24, 2.45) is 0 Å². The van der Waals surface area contributed by atoms with Gasteiger partial charge >= 0.3 is 11.9 Å². The molecule has 0 radical (unpaired) electrons. The third-order valence-corrected chi connectivity index (χ3v) is 3.63. The average molecular weight is 306 g/mol. The number of ether oxygens (including phenoxy) is 2. The Morgan fingerprint density at radius 3 is 2.15 bits per heavy atom. The van der Waals surface area contributed by atoms with Crippen LogP contribution in [0.3, 0.4) is 0 Å². The van der Waals surface area contributed by atoms with Gasteiger partial charge < -0.3 is 9.47 Å². The minimum atomic E-state index is -3.46. The molecule has 0 amide bonds. The van der Waals surface area contributed by atoms with Gasteiger partial charge in [-0.3, -0.25) is 4.79 Å². The maximum absolute atomic E-state index is 11.6. The van der Waals surface area contributed by atoms with E-state index in [1.807, 2.05) is 0 Å². The fourth-order valence-corrected chi connectivity index (χ4v) is 2.14. The van der Waals surface area contributed by atoms with E-state index in [1.165, 1.54) is 6.92 Å². The summed E-state index contributed by atoms with van der Waals surface area (Å²) in [6.45, 7) is 9.72. The van der Waals surface area contributed by atoms with Crippen molar-refractivity contribution in [1.29, 1.82) is 0 Å². The van der Waals surface area contributed by atoms with E-state index in [0.29, 0.717) is 0 Å². The van der Waals surface area contributed by atoms with Gasteiger partial charge in [0, 0.05) is 5.57 Å². The van der Waals surface area contributed by atoms with Crippen molar-refractivity contribution in [2.75, 3.05) is 18.1 Å². The lowest BCUT2D eigenvalue weighted by Crippen LogP contribution is -2.26. The minimum Gasteiger partial charge on any atom is -0.461 e. The number of hydrogen-bond acceptors (Lipinski definition) is 6. The highest BCUT2D eigenvalue weighted by Crippen LogP contribution is 2.09. The first-order valence-electron chi connectivity index (χ1n) is 6.18. The molecule has 0 N–H and O–H groups in total. The zero-order valence-electron chi connectivity index (χ0n) is 12.4. The third kappa shape index (κ3) is 9.55. The number of esters is 2. The number of sulfone groups is 1. The molecule has 20 heavy (non-hydrogen) atoms. The summed E-state index contributed by atoms with van der Waals surface area (Å²) in [5.41, 5.74) is -0.436. The molecular weight excluding hydrogens is 284 g/mol. The highest BCUT2D eigenvalue weighted by molar-refractivity contribution is 7.91. The van der Waals surface area contributed by atoms with Crippen molar-refractivity contribution < 1.29 is 27.5 Å². The van der Waals surface area contributed by atoms with E-state index in [4.69, 9.17) is 9.47 Å². The molecule has 0 aliphatic heterocycles. The molecule has 0 aromatic rings. The Morgan fingerprint density at radius 1 is 1.15 bits per heavy atom. The van der Waals surface area contributed by atoms with Crippen molar-refractivity contribution in [3.63, 3.8) is 0 Å². The molecule has 0 aromatic heterocycles. The van der Waals surface area contributed by atoms with Gasteiger partial charge in [0.05, 0.1) is 17.9 Å². The second-order valence-electron chi connectivity index (χ2n) is 5.40. The minimum absolute atomic E-state index is 0.205. The molecule has 0 saturated carbocycles. The summed E-state index contributed by atoms with van der Waals surface area (Å²) in [4.78, 5) is 22.5. The first kappa shape index (κ1) is 18.6. The zero-order valence-corrected chi connectivity index (χ0v) is 13.2. The van der Waals surface area contributed by atoms with E-state index in [0.717, 1.165) is 0 Å². The molecule has 0 rings (SSSR count). The van der Waals surface area contributed by atoms with Gasteiger partial charge in [-0.25, -0.2) is 13.2 Å². The Kier molecular flexibility index (Phi) is 6.91. The lowest BCUT2D eigenvalue weighted by Gasteiger charge is -2.19. The van der Waals surface area contributed by atoms with Crippen LogP contribution < -0.4 is 0 Å². The molecule has 0 unspecified atom stereocenters. The standard InChI is InChI=1S/C13H22O6S/c1-10(2)12(15)18-7-9-20(16,17)8-6-11(14)19-13(3,4)5/h1,6-9H2,2-5H3. The van der Waals surface area contributed by atoms with Gasteiger partial charge in [-0.1, -0.05) is 6.58 Å². The molecule has 0 heterocycles. The van der Waals surface area contributed by atoms with Crippen molar-refractivity contribution >= 4 is 21.8 Å². The molecular formula is C13H22O6S. The normalized spacial score (nSPS) is 11.8. The van der Waals surface area contributed by atoms with Crippen LogP contribution in [0.1, 0.15) is 34.1 Å². The molecule has 0 aliphatic carbocycles. The molecule has 0 atom stereocenters. The third-order valence-electron chi connectivity index (χ3n) is 2.01. The molecule has 0 saturated heterocycles. The summed E-state index contributed by atoms with van der Waals surface area (Å²) in [5.74, 6) is -1.85. The van der Waals surface area contributed by atoms with E-state index >= 15 is 0 Å². The maximum Gasteiger partial charge on any atom is 0.333 e. The summed E-state index contributed by atoms with van der Waals surface area (Å²) in [7, 11) is -3.46. The van der Waals surface area contributed by atoms with E-state index in [1.54, 1.807) is 20.8 Å². The lowest BCUT2D eigenvalue weighted by molar-refractivity contribution is -0.154. The van der Waals surface area contributed by atoms with Crippen LogP contribution in [0.4, 0.5) is 0 Å². The van der Waals surface area contributed by atoms with E-state index < -0.39 is 27.4 Å². The molecule has 0 aromatic carbocycles. The van der Waals surface area contributed by atoms with Gasteiger partial charge in [-0.15, -0.1) is 0 Å². The highest BCUT2D eigenvalue weighted by atomic mass is 32.2. The van der Waals surface area contributed by atoms with Crippen LogP contribution in [0.5, 0.6) is 0 Å². The molecule has 6 nitrogen and oxygen atoms in total. The zero-order chi connectivity index (χ0) is 16.0. The van der Waals surface area contributed by atoms with Gasteiger partial charge in [0.25, 0.3) is 0 Å². The van der Waals surface area contributed by atoms with Crippen LogP contribution in [-0.2, 0) is 28.9 Å². The quantitative estimate of drug-likeness (QED) is 0.520. The molecule has 7 heteroatoms. The molecule has 0 bridgehead atoms. The number of hydrogen-bond donors (Lipinski definition) is 0. The monoisotopic (exact) mass is 306 g/mol. The van der Waals surface area contributed by atoms with Crippen molar-refractivity contribution in [3.05, 3.63) is 12.2 Å². The Balaban J connectivity index is 4.12. The van der Waals surface area contributed by atoms with Crippen LogP contribution in [-0.4, -0.2) is 44.1 Å².